The topological polar surface area (TPSA) is 53.5 Å². The Kier molecular flexibility index (Phi) is 11.8. The Morgan fingerprint density at radius 3 is 0.966 bits per heavy atom. The van der Waals surface area contributed by atoms with Crippen LogP contribution in [0.4, 0.5) is 0 Å². The summed E-state index contributed by atoms with van der Waals surface area (Å²) in [6, 6.07) is 113. The number of rotatable bonds is 10. The van der Waals surface area contributed by atoms with E-state index in [4.69, 9.17) is 15.0 Å². The average molecular weight is 1110 g/mol. The lowest BCUT2D eigenvalue weighted by atomic mass is 9.91. The fourth-order valence-electron chi connectivity index (χ4n) is 13.4. The predicted molar refractivity (Wildman–Crippen MR) is 361 cm³/mol. The summed E-state index contributed by atoms with van der Waals surface area (Å²) in [6.45, 7) is 0. The van der Waals surface area contributed by atoms with Gasteiger partial charge in [-0.2, -0.15) is 0 Å². The zero-order chi connectivity index (χ0) is 57.4. The van der Waals surface area contributed by atoms with Crippen LogP contribution in [0.2, 0.25) is 0 Å². The quantitative estimate of drug-likeness (QED) is 0.137. The Balaban J connectivity index is 1.01. The molecule has 6 nitrogen and oxygen atoms in total. The highest BCUT2D eigenvalue weighted by molar-refractivity contribution is 6.32. The number of hydrogen-bond donors (Lipinski definition) is 0. The van der Waals surface area contributed by atoms with Crippen molar-refractivity contribution in [1.29, 1.82) is 0 Å². The van der Waals surface area contributed by atoms with E-state index in [2.05, 4.69) is 293 Å². The molecule has 0 radical (unpaired) electrons. The molecule has 13 aromatic carbocycles. The number of benzene rings is 13. The molecule has 0 bridgehead atoms. The zero-order valence-corrected chi connectivity index (χ0v) is 47.2. The summed E-state index contributed by atoms with van der Waals surface area (Å²) in [4.78, 5) is 15.9. The summed E-state index contributed by atoms with van der Waals surface area (Å²) >= 11 is 0. The van der Waals surface area contributed by atoms with E-state index in [0.717, 1.165) is 106 Å². The second kappa shape index (κ2) is 20.6. The van der Waals surface area contributed by atoms with Crippen LogP contribution < -0.4 is 0 Å². The first-order valence-electron chi connectivity index (χ1n) is 29.6. The molecule has 0 saturated heterocycles. The highest BCUT2D eigenvalue weighted by Gasteiger charge is 2.28. The fourth-order valence-corrected chi connectivity index (χ4v) is 13.4. The summed E-state index contributed by atoms with van der Waals surface area (Å²) in [5, 5.41) is 7.12. The van der Waals surface area contributed by atoms with Gasteiger partial charge < -0.3 is 13.7 Å². The molecule has 0 fully saturated rings. The van der Waals surface area contributed by atoms with Crippen LogP contribution in [0, 0.1) is 0 Å². The van der Waals surface area contributed by atoms with Gasteiger partial charge >= 0.3 is 0 Å². The molecule has 0 saturated carbocycles. The third-order valence-corrected chi connectivity index (χ3v) is 17.3. The van der Waals surface area contributed by atoms with Crippen molar-refractivity contribution < 1.29 is 0 Å². The van der Waals surface area contributed by atoms with Gasteiger partial charge in [0.15, 0.2) is 17.5 Å². The molecule has 0 aliphatic rings. The molecule has 0 N–H and O–H groups in total. The van der Waals surface area contributed by atoms with Crippen LogP contribution in [0.1, 0.15) is 0 Å². The fraction of sp³-hybridized carbons (Fsp3) is 0. The molecule has 87 heavy (non-hydrogen) atoms. The molecule has 17 aromatic rings. The summed E-state index contributed by atoms with van der Waals surface area (Å²) in [5.74, 6) is 1.79. The lowest BCUT2D eigenvalue weighted by Gasteiger charge is -2.21. The maximum absolute atomic E-state index is 5.39. The molecule has 406 valence electrons. The molecule has 0 atom stereocenters. The molecule has 0 aliphatic carbocycles. The van der Waals surface area contributed by atoms with E-state index in [9.17, 15) is 0 Å². The number of para-hydroxylation sites is 4. The van der Waals surface area contributed by atoms with Crippen molar-refractivity contribution in [3.05, 3.63) is 315 Å². The van der Waals surface area contributed by atoms with Gasteiger partial charge in [-0.15, -0.1) is 0 Å². The Hall–Kier alpha value is -11.7. The molecular formula is C81H52N6. The van der Waals surface area contributed by atoms with Gasteiger partial charge in [-0.25, -0.2) is 15.0 Å². The van der Waals surface area contributed by atoms with Gasteiger partial charge in [-0.1, -0.05) is 255 Å². The second-order valence-corrected chi connectivity index (χ2v) is 22.3. The van der Waals surface area contributed by atoms with E-state index < -0.39 is 0 Å². The molecule has 17 rings (SSSR count). The lowest BCUT2D eigenvalue weighted by molar-refractivity contribution is 1.07. The maximum Gasteiger partial charge on any atom is 0.164 e. The van der Waals surface area contributed by atoms with Gasteiger partial charge in [-0.3, -0.25) is 0 Å². The van der Waals surface area contributed by atoms with Crippen molar-refractivity contribution in [2.45, 2.75) is 0 Å². The van der Waals surface area contributed by atoms with Crippen molar-refractivity contribution in [3.63, 3.8) is 0 Å². The summed E-state index contributed by atoms with van der Waals surface area (Å²) in [5.41, 5.74) is 21.5. The van der Waals surface area contributed by atoms with Gasteiger partial charge in [0.05, 0.1) is 38.8 Å². The first kappa shape index (κ1) is 49.8. The van der Waals surface area contributed by atoms with Gasteiger partial charge in [-0.05, 0) is 94.0 Å². The third kappa shape index (κ3) is 8.29. The van der Waals surface area contributed by atoms with Crippen LogP contribution in [0.15, 0.2) is 315 Å². The van der Waals surface area contributed by atoms with Crippen LogP contribution in [0.3, 0.4) is 0 Å². The van der Waals surface area contributed by atoms with E-state index in [0.29, 0.717) is 17.5 Å². The van der Waals surface area contributed by atoms with Crippen LogP contribution in [0.25, 0.3) is 161 Å². The standard InChI is InChI=1S/C81H52N6/c1-7-23-53(24-8-1)55-39-43-57(44-40-55)68-51-61(81-83-79(59-27-11-3-12-28-59)82-80(84-81)60-29-13-4-14-30-60)52-69(58-45-41-56(42-46-58)54-25-9-2-10-26-54)76(68)87-71-38-22-20-36-67(71)75-73(87)50-48-65-64-47-49-72-74(77(64)86(78(65)75)63-33-17-6-18-34-63)66-35-19-21-37-70(66)85(72)62-31-15-5-16-32-62/h1-52H. The number of fused-ring (bicyclic) bond motifs is 11. The van der Waals surface area contributed by atoms with E-state index >= 15 is 0 Å². The number of nitrogens with zero attached hydrogens (tertiary/aromatic N) is 6. The largest absolute Gasteiger partial charge is 0.309 e. The SMILES string of the molecule is c1ccc(-c2ccc(-c3cc(-c4nc(-c5ccccc5)nc(-c5ccccc5)n4)cc(-c4ccc(-c5ccccc5)cc4)c3-n3c4ccccc4c4c3ccc3c5ccc6c(c7ccccc7n6-c6ccccc6)c5n(-c5ccccc5)c34)cc2)cc1. The monoisotopic (exact) mass is 1110 g/mol. The first-order valence-corrected chi connectivity index (χ1v) is 29.6. The smallest absolute Gasteiger partial charge is 0.164 e. The summed E-state index contributed by atoms with van der Waals surface area (Å²) in [6.07, 6.45) is 0. The highest BCUT2D eigenvalue weighted by Crippen LogP contribution is 2.49. The molecule has 0 unspecified atom stereocenters. The molecule has 6 heteroatoms. The second-order valence-electron chi connectivity index (χ2n) is 22.3. The van der Waals surface area contributed by atoms with E-state index in [1.165, 1.54) is 38.0 Å². The highest BCUT2D eigenvalue weighted by atomic mass is 15.1. The first-order chi connectivity index (χ1) is 43.2. The summed E-state index contributed by atoms with van der Waals surface area (Å²) in [7, 11) is 0. The lowest BCUT2D eigenvalue weighted by Crippen LogP contribution is -2.04. The molecule has 4 heterocycles. The molecular weight excluding hydrogens is 1060 g/mol. The minimum Gasteiger partial charge on any atom is -0.309 e. The Labute approximate surface area is 502 Å². The molecule has 4 aromatic heterocycles. The summed E-state index contributed by atoms with van der Waals surface area (Å²) < 4.78 is 7.52. The molecule has 0 spiro atoms. The normalized spacial score (nSPS) is 11.7. The van der Waals surface area contributed by atoms with Crippen LogP contribution in [-0.4, -0.2) is 28.7 Å². The zero-order valence-electron chi connectivity index (χ0n) is 47.2. The Bertz CT molecular complexity index is 5280. The minimum atomic E-state index is 0.579. The van der Waals surface area contributed by atoms with E-state index in [1.54, 1.807) is 0 Å². The van der Waals surface area contributed by atoms with E-state index in [1.807, 2.05) is 36.4 Å². The van der Waals surface area contributed by atoms with Gasteiger partial charge in [0, 0.05) is 71.5 Å². The van der Waals surface area contributed by atoms with Gasteiger partial charge in [0.25, 0.3) is 0 Å². The number of aromatic nitrogens is 6. The van der Waals surface area contributed by atoms with Crippen LogP contribution >= 0.6 is 0 Å². The number of hydrogen-bond acceptors (Lipinski definition) is 3. The van der Waals surface area contributed by atoms with Crippen molar-refractivity contribution in [2.24, 2.45) is 0 Å². The Morgan fingerprint density at radius 1 is 0.207 bits per heavy atom. The van der Waals surface area contributed by atoms with Crippen LogP contribution in [-0.2, 0) is 0 Å². The van der Waals surface area contributed by atoms with Gasteiger partial charge in [0.2, 0.25) is 0 Å². The average Bonchev–Trinajstić information content (AvgIpc) is 1.56. The van der Waals surface area contributed by atoms with E-state index in [-0.39, 0.29) is 0 Å². The Morgan fingerprint density at radius 2 is 0.529 bits per heavy atom. The predicted octanol–water partition coefficient (Wildman–Crippen LogP) is 20.8. The maximum atomic E-state index is 5.39. The third-order valence-electron chi connectivity index (χ3n) is 17.3. The van der Waals surface area contributed by atoms with Crippen molar-refractivity contribution in [3.8, 4) is 95.7 Å². The molecule has 0 aliphatic heterocycles. The van der Waals surface area contributed by atoms with Crippen LogP contribution in [0.5, 0.6) is 0 Å². The van der Waals surface area contributed by atoms with Crippen molar-refractivity contribution in [2.75, 3.05) is 0 Å². The minimum absolute atomic E-state index is 0.579. The van der Waals surface area contributed by atoms with Crippen molar-refractivity contribution >= 4 is 65.4 Å². The molecule has 0 amide bonds. The van der Waals surface area contributed by atoms with Crippen molar-refractivity contribution in [1.82, 2.24) is 28.7 Å². The van der Waals surface area contributed by atoms with Gasteiger partial charge in [0.1, 0.15) is 0 Å².